The average Bonchev–Trinajstić information content (AvgIpc) is 2.25. The Morgan fingerprint density at radius 1 is 1.33 bits per heavy atom. The number of carbonyl (C=O) groups excluding carboxylic acids is 1. The molecule has 3 N–H and O–H groups in total. The summed E-state index contributed by atoms with van der Waals surface area (Å²) in [6, 6.07) is 4.49. The summed E-state index contributed by atoms with van der Waals surface area (Å²) in [7, 11) is 0. The molecular weight excluding hydrogens is 238 g/mol. The lowest BCUT2D eigenvalue weighted by Gasteiger charge is -2.22. The fourth-order valence-electron chi connectivity index (χ4n) is 1.33. The zero-order valence-corrected chi connectivity index (χ0v) is 10.6. The van der Waals surface area contributed by atoms with Crippen LogP contribution in [0.25, 0.3) is 0 Å². The first-order chi connectivity index (χ1) is 8.22. The van der Waals surface area contributed by atoms with Crippen LogP contribution in [0.3, 0.4) is 0 Å². The Morgan fingerprint density at radius 3 is 2.44 bits per heavy atom. The van der Waals surface area contributed by atoms with E-state index in [0.29, 0.717) is 4.73 Å². The Bertz CT molecular complexity index is 427. The van der Waals surface area contributed by atoms with Crippen molar-refractivity contribution >= 4 is 5.97 Å². The van der Waals surface area contributed by atoms with Gasteiger partial charge in [-0.25, -0.2) is 4.79 Å². The fraction of sp³-hybridized carbons (Fsp3) is 0.500. The SMILES string of the molecule is CC(C)(C)OC(=O)[C@H](O)[C@@H](O)c1cccc[n+]1O. The van der Waals surface area contributed by atoms with Crippen LogP contribution >= 0.6 is 0 Å². The van der Waals surface area contributed by atoms with Gasteiger partial charge in [0, 0.05) is 16.9 Å². The smallest absolute Gasteiger partial charge is 0.338 e. The van der Waals surface area contributed by atoms with Gasteiger partial charge >= 0.3 is 5.97 Å². The highest BCUT2D eigenvalue weighted by atomic mass is 16.6. The minimum Gasteiger partial charge on any atom is -0.458 e. The average molecular weight is 256 g/mol. The first-order valence-electron chi connectivity index (χ1n) is 5.51. The maximum absolute atomic E-state index is 11.6. The second kappa shape index (κ2) is 5.32. The number of ether oxygens (including phenoxy) is 1. The molecule has 0 saturated carbocycles. The topological polar surface area (TPSA) is 90.9 Å². The number of hydrogen-bond donors (Lipinski definition) is 3. The molecule has 0 amide bonds. The molecule has 0 aliphatic heterocycles. The van der Waals surface area contributed by atoms with Crippen LogP contribution in [0.15, 0.2) is 24.4 Å². The number of aliphatic hydroxyl groups excluding tert-OH is 2. The molecule has 0 aliphatic carbocycles. The molecule has 0 aromatic carbocycles. The van der Waals surface area contributed by atoms with Gasteiger partial charge in [0.1, 0.15) is 5.60 Å². The molecule has 0 spiro atoms. The van der Waals surface area contributed by atoms with Crippen molar-refractivity contribution < 1.29 is 29.7 Å². The molecule has 100 valence electrons. The second-order valence-corrected chi connectivity index (χ2v) is 4.89. The van der Waals surface area contributed by atoms with Crippen LogP contribution < -0.4 is 4.73 Å². The predicted molar refractivity (Wildman–Crippen MR) is 60.6 cm³/mol. The van der Waals surface area contributed by atoms with Gasteiger partial charge in [0.2, 0.25) is 6.20 Å². The number of hydrogen-bond acceptors (Lipinski definition) is 5. The van der Waals surface area contributed by atoms with E-state index in [1.807, 2.05) is 0 Å². The number of rotatable bonds is 3. The van der Waals surface area contributed by atoms with Crippen LogP contribution in [0.1, 0.15) is 32.6 Å². The van der Waals surface area contributed by atoms with E-state index < -0.39 is 23.8 Å². The molecule has 18 heavy (non-hydrogen) atoms. The quantitative estimate of drug-likeness (QED) is 0.400. The summed E-state index contributed by atoms with van der Waals surface area (Å²) in [5.41, 5.74) is -0.764. The van der Waals surface area contributed by atoms with E-state index in [4.69, 9.17) is 4.74 Å². The molecule has 0 fully saturated rings. The Morgan fingerprint density at radius 2 is 1.94 bits per heavy atom. The molecule has 1 aromatic heterocycles. The van der Waals surface area contributed by atoms with E-state index in [1.165, 1.54) is 18.3 Å². The lowest BCUT2D eigenvalue weighted by atomic mass is 10.1. The first-order valence-corrected chi connectivity index (χ1v) is 5.51. The summed E-state index contributed by atoms with van der Waals surface area (Å²) in [4.78, 5) is 11.6. The van der Waals surface area contributed by atoms with E-state index in [9.17, 15) is 20.2 Å². The van der Waals surface area contributed by atoms with Crippen LogP contribution in [-0.2, 0) is 9.53 Å². The molecule has 6 nitrogen and oxygen atoms in total. The van der Waals surface area contributed by atoms with E-state index >= 15 is 0 Å². The molecule has 6 heteroatoms. The van der Waals surface area contributed by atoms with E-state index in [0.717, 1.165) is 0 Å². The van der Waals surface area contributed by atoms with Gasteiger partial charge in [-0.15, -0.1) is 0 Å². The molecule has 1 rings (SSSR count). The Labute approximate surface area is 105 Å². The third-order valence-corrected chi connectivity index (χ3v) is 2.12. The van der Waals surface area contributed by atoms with Crippen molar-refractivity contribution in [2.75, 3.05) is 0 Å². The largest absolute Gasteiger partial charge is 0.458 e. The summed E-state index contributed by atoms with van der Waals surface area (Å²) >= 11 is 0. The van der Waals surface area contributed by atoms with Crippen LogP contribution in [0.5, 0.6) is 0 Å². The Balaban J connectivity index is 2.82. The van der Waals surface area contributed by atoms with Gasteiger partial charge < -0.3 is 14.9 Å². The van der Waals surface area contributed by atoms with Crippen molar-refractivity contribution in [3.8, 4) is 0 Å². The zero-order chi connectivity index (χ0) is 13.9. The molecule has 0 aliphatic rings. The number of esters is 1. The monoisotopic (exact) mass is 256 g/mol. The molecule has 2 atom stereocenters. The van der Waals surface area contributed by atoms with Crippen molar-refractivity contribution in [2.45, 2.75) is 38.6 Å². The van der Waals surface area contributed by atoms with Crippen LogP contribution in [0.2, 0.25) is 0 Å². The summed E-state index contributed by atoms with van der Waals surface area (Å²) in [6.07, 6.45) is -2.04. The lowest BCUT2D eigenvalue weighted by molar-refractivity contribution is -0.911. The zero-order valence-electron chi connectivity index (χ0n) is 10.6. The molecule has 1 heterocycles. The van der Waals surface area contributed by atoms with E-state index in [2.05, 4.69) is 0 Å². The fourth-order valence-corrected chi connectivity index (χ4v) is 1.33. The maximum atomic E-state index is 11.6. The maximum Gasteiger partial charge on any atom is 0.338 e. The summed E-state index contributed by atoms with van der Waals surface area (Å²) in [6.45, 7) is 4.95. The summed E-state index contributed by atoms with van der Waals surface area (Å²) < 4.78 is 5.58. The van der Waals surface area contributed by atoms with Gasteiger partial charge in [-0.05, 0) is 26.8 Å². The van der Waals surface area contributed by atoms with Gasteiger partial charge in [0.15, 0.2) is 12.2 Å². The van der Waals surface area contributed by atoms with Crippen molar-refractivity contribution in [1.29, 1.82) is 0 Å². The van der Waals surface area contributed by atoms with Gasteiger partial charge in [-0.3, -0.25) is 5.21 Å². The number of nitrogens with zero attached hydrogens (tertiary/aromatic N) is 1. The number of carbonyl (C=O) groups is 1. The standard InChI is InChI=1S/C12H18NO5/c1-12(2,3)18-11(16)10(15)9(14)8-6-4-5-7-13(8)17/h4-7,9-10,14-15,17H,1-3H3/q+1/t9-,10+/m0/s1. The summed E-state index contributed by atoms with van der Waals surface area (Å²) in [5.74, 6) is -0.946. The number of pyridine rings is 1. The Kier molecular flexibility index (Phi) is 4.26. The van der Waals surface area contributed by atoms with E-state index in [1.54, 1.807) is 26.8 Å². The molecule has 0 radical (unpaired) electrons. The lowest BCUT2D eigenvalue weighted by Crippen LogP contribution is -2.42. The van der Waals surface area contributed by atoms with Gasteiger partial charge in [-0.1, -0.05) is 0 Å². The van der Waals surface area contributed by atoms with Crippen molar-refractivity contribution in [1.82, 2.24) is 0 Å². The van der Waals surface area contributed by atoms with Gasteiger partial charge in [0.05, 0.1) is 0 Å². The minimum absolute atomic E-state index is 0.00383. The first kappa shape index (κ1) is 14.4. The Hall–Kier alpha value is -1.66. The van der Waals surface area contributed by atoms with Gasteiger partial charge in [0.25, 0.3) is 5.69 Å². The van der Waals surface area contributed by atoms with Crippen LogP contribution in [0.4, 0.5) is 0 Å². The third-order valence-electron chi connectivity index (χ3n) is 2.12. The van der Waals surface area contributed by atoms with Crippen LogP contribution in [0, 0.1) is 0 Å². The summed E-state index contributed by atoms with van der Waals surface area (Å²) in [5, 5.41) is 28.9. The molecule has 1 aromatic rings. The van der Waals surface area contributed by atoms with Crippen molar-refractivity contribution in [2.24, 2.45) is 0 Å². The molecule has 0 saturated heterocycles. The van der Waals surface area contributed by atoms with Gasteiger partial charge in [-0.2, -0.15) is 0 Å². The highest BCUT2D eigenvalue weighted by Crippen LogP contribution is 2.17. The minimum atomic E-state index is -1.76. The third kappa shape index (κ3) is 3.68. The van der Waals surface area contributed by atoms with Crippen molar-refractivity contribution in [3.63, 3.8) is 0 Å². The predicted octanol–water partition coefficient (Wildman–Crippen LogP) is -0.0526. The normalized spacial score (nSPS) is 14.9. The molecule has 0 bridgehead atoms. The number of aromatic nitrogens is 1. The van der Waals surface area contributed by atoms with Crippen LogP contribution in [-0.4, -0.2) is 33.1 Å². The highest BCUT2D eigenvalue weighted by Gasteiger charge is 2.35. The molecule has 0 unspecified atom stereocenters. The highest BCUT2D eigenvalue weighted by molar-refractivity contribution is 5.75. The second-order valence-electron chi connectivity index (χ2n) is 4.89. The number of aliphatic hydroxyl groups is 2. The molecular formula is C12H18NO5+. The van der Waals surface area contributed by atoms with E-state index in [-0.39, 0.29) is 5.69 Å². The van der Waals surface area contributed by atoms with Crippen molar-refractivity contribution in [3.05, 3.63) is 30.1 Å².